The summed E-state index contributed by atoms with van der Waals surface area (Å²) in [6, 6.07) is 3.48. The molecule has 1 fully saturated rings. The number of aromatic nitrogens is 1. The highest BCUT2D eigenvalue weighted by Crippen LogP contribution is 2.15. The van der Waals surface area contributed by atoms with Crippen molar-refractivity contribution in [3.05, 3.63) is 30.1 Å². The largest absolute Gasteiger partial charge is 0.339 e. The molecule has 0 saturated carbocycles. The molecule has 1 aromatic rings. The van der Waals surface area contributed by atoms with Gasteiger partial charge in [0.2, 0.25) is 5.91 Å². The van der Waals surface area contributed by atoms with Crippen LogP contribution in [0.5, 0.6) is 0 Å². The summed E-state index contributed by atoms with van der Waals surface area (Å²) in [5, 5.41) is 0. The standard InChI is InChI=1S/C15H21N3O2/c1-11(2)14(19)17-8-9-18(12(3)10-17)15(20)13-4-6-16-7-5-13/h4-7,11-12H,8-10H2,1-3H3. The Balaban J connectivity index is 2.04. The number of rotatable bonds is 2. The Morgan fingerprint density at radius 3 is 2.45 bits per heavy atom. The van der Waals surface area contributed by atoms with E-state index in [9.17, 15) is 9.59 Å². The van der Waals surface area contributed by atoms with Crippen molar-refractivity contribution in [2.75, 3.05) is 19.6 Å². The van der Waals surface area contributed by atoms with Gasteiger partial charge in [-0.3, -0.25) is 14.6 Å². The van der Waals surface area contributed by atoms with Gasteiger partial charge in [0.15, 0.2) is 0 Å². The zero-order valence-electron chi connectivity index (χ0n) is 12.2. The molecule has 1 aromatic heterocycles. The molecule has 1 aliphatic rings. The lowest BCUT2D eigenvalue weighted by atomic mass is 10.1. The molecule has 108 valence electrons. The molecule has 1 atom stereocenters. The van der Waals surface area contributed by atoms with Crippen LogP contribution in [0, 0.1) is 5.92 Å². The number of nitrogens with zero attached hydrogens (tertiary/aromatic N) is 3. The summed E-state index contributed by atoms with van der Waals surface area (Å²) in [5.74, 6) is 0.175. The molecule has 2 amide bonds. The monoisotopic (exact) mass is 275 g/mol. The van der Waals surface area contributed by atoms with Crippen molar-refractivity contribution in [2.24, 2.45) is 5.92 Å². The Morgan fingerprint density at radius 2 is 1.90 bits per heavy atom. The van der Waals surface area contributed by atoms with Crippen molar-refractivity contribution >= 4 is 11.8 Å². The molecule has 0 spiro atoms. The zero-order valence-corrected chi connectivity index (χ0v) is 12.2. The second-order valence-corrected chi connectivity index (χ2v) is 5.52. The van der Waals surface area contributed by atoms with Gasteiger partial charge in [0.05, 0.1) is 0 Å². The van der Waals surface area contributed by atoms with E-state index >= 15 is 0 Å². The molecule has 0 bridgehead atoms. The van der Waals surface area contributed by atoms with E-state index in [4.69, 9.17) is 0 Å². The predicted octanol–water partition coefficient (Wildman–Crippen LogP) is 1.41. The number of amides is 2. The average Bonchev–Trinajstić information content (AvgIpc) is 2.46. The third kappa shape index (κ3) is 2.98. The Bertz CT molecular complexity index is 487. The zero-order chi connectivity index (χ0) is 14.7. The van der Waals surface area contributed by atoms with Gasteiger partial charge in [-0.05, 0) is 19.1 Å². The van der Waals surface area contributed by atoms with Gasteiger partial charge < -0.3 is 9.80 Å². The number of carbonyl (C=O) groups excluding carboxylic acids is 2. The van der Waals surface area contributed by atoms with Crippen molar-refractivity contribution < 1.29 is 9.59 Å². The fourth-order valence-electron chi connectivity index (χ4n) is 2.48. The van der Waals surface area contributed by atoms with Gasteiger partial charge in [0, 0.05) is 49.6 Å². The van der Waals surface area contributed by atoms with E-state index in [1.165, 1.54) is 0 Å². The van der Waals surface area contributed by atoms with Gasteiger partial charge in [-0.15, -0.1) is 0 Å². The fourth-order valence-corrected chi connectivity index (χ4v) is 2.48. The van der Waals surface area contributed by atoms with Crippen molar-refractivity contribution in [1.29, 1.82) is 0 Å². The Morgan fingerprint density at radius 1 is 1.25 bits per heavy atom. The van der Waals surface area contributed by atoms with Crippen molar-refractivity contribution in [1.82, 2.24) is 14.8 Å². The maximum absolute atomic E-state index is 12.4. The lowest BCUT2D eigenvalue weighted by Crippen LogP contribution is -2.56. The number of hydrogen-bond acceptors (Lipinski definition) is 3. The van der Waals surface area contributed by atoms with E-state index < -0.39 is 0 Å². The van der Waals surface area contributed by atoms with Crippen LogP contribution in [0.2, 0.25) is 0 Å². The van der Waals surface area contributed by atoms with Crippen molar-refractivity contribution in [3.8, 4) is 0 Å². The molecule has 1 unspecified atom stereocenters. The summed E-state index contributed by atoms with van der Waals surface area (Å²) < 4.78 is 0. The summed E-state index contributed by atoms with van der Waals surface area (Å²) in [5.41, 5.74) is 0.649. The molecule has 5 heteroatoms. The van der Waals surface area contributed by atoms with Gasteiger partial charge in [-0.1, -0.05) is 13.8 Å². The minimum absolute atomic E-state index is 0.00430. The van der Waals surface area contributed by atoms with E-state index in [1.54, 1.807) is 24.5 Å². The molecule has 0 N–H and O–H groups in total. The van der Waals surface area contributed by atoms with E-state index in [0.29, 0.717) is 25.2 Å². The van der Waals surface area contributed by atoms with Crippen LogP contribution in [0.4, 0.5) is 0 Å². The molecule has 5 nitrogen and oxygen atoms in total. The van der Waals surface area contributed by atoms with Gasteiger partial charge in [0.1, 0.15) is 0 Å². The van der Waals surface area contributed by atoms with Crippen LogP contribution in [0.25, 0.3) is 0 Å². The maximum Gasteiger partial charge on any atom is 0.254 e. The summed E-state index contributed by atoms with van der Waals surface area (Å²) in [4.78, 5) is 32.0. The molecule has 2 rings (SSSR count). The predicted molar refractivity (Wildman–Crippen MR) is 76.2 cm³/mol. The Hall–Kier alpha value is -1.91. The third-order valence-corrected chi connectivity index (χ3v) is 3.62. The van der Waals surface area contributed by atoms with Crippen LogP contribution in [0.3, 0.4) is 0 Å². The molecule has 2 heterocycles. The second-order valence-electron chi connectivity index (χ2n) is 5.52. The van der Waals surface area contributed by atoms with E-state index in [0.717, 1.165) is 0 Å². The van der Waals surface area contributed by atoms with Crippen LogP contribution < -0.4 is 0 Å². The van der Waals surface area contributed by atoms with E-state index in [1.807, 2.05) is 30.6 Å². The summed E-state index contributed by atoms with van der Waals surface area (Å²) in [6.07, 6.45) is 3.24. The van der Waals surface area contributed by atoms with Crippen LogP contribution in [-0.4, -0.2) is 52.3 Å². The highest BCUT2D eigenvalue weighted by Gasteiger charge is 2.30. The van der Waals surface area contributed by atoms with E-state index in [-0.39, 0.29) is 23.8 Å². The Kier molecular flexibility index (Phi) is 4.37. The number of piperazine rings is 1. The first kappa shape index (κ1) is 14.5. The second kappa shape index (κ2) is 6.03. The SMILES string of the molecule is CC(C)C(=O)N1CCN(C(=O)c2ccncc2)C(C)C1. The first-order valence-corrected chi connectivity index (χ1v) is 7.00. The molecule has 1 aliphatic heterocycles. The van der Waals surface area contributed by atoms with Crippen molar-refractivity contribution in [3.63, 3.8) is 0 Å². The molecule has 1 saturated heterocycles. The maximum atomic E-state index is 12.4. The molecule has 0 aliphatic carbocycles. The highest BCUT2D eigenvalue weighted by molar-refractivity contribution is 5.94. The highest BCUT2D eigenvalue weighted by atomic mass is 16.2. The van der Waals surface area contributed by atoms with Gasteiger partial charge in [0.25, 0.3) is 5.91 Å². The summed E-state index contributed by atoms with van der Waals surface area (Å²) in [7, 11) is 0. The molecule has 0 radical (unpaired) electrons. The van der Waals surface area contributed by atoms with Crippen LogP contribution in [0.15, 0.2) is 24.5 Å². The quantitative estimate of drug-likeness (QED) is 0.820. The topological polar surface area (TPSA) is 53.5 Å². The van der Waals surface area contributed by atoms with Crippen LogP contribution >= 0.6 is 0 Å². The smallest absolute Gasteiger partial charge is 0.254 e. The molecular weight excluding hydrogens is 254 g/mol. The third-order valence-electron chi connectivity index (χ3n) is 3.62. The number of hydrogen-bond donors (Lipinski definition) is 0. The Labute approximate surface area is 119 Å². The minimum Gasteiger partial charge on any atom is -0.339 e. The van der Waals surface area contributed by atoms with E-state index in [2.05, 4.69) is 4.98 Å². The lowest BCUT2D eigenvalue weighted by Gasteiger charge is -2.40. The van der Waals surface area contributed by atoms with Crippen molar-refractivity contribution in [2.45, 2.75) is 26.8 Å². The van der Waals surface area contributed by atoms with Gasteiger partial charge >= 0.3 is 0 Å². The van der Waals surface area contributed by atoms with Crippen LogP contribution in [0.1, 0.15) is 31.1 Å². The molecular formula is C15H21N3O2. The normalized spacial score (nSPS) is 19.3. The number of carbonyl (C=O) groups is 2. The first-order valence-electron chi connectivity index (χ1n) is 7.00. The number of pyridine rings is 1. The average molecular weight is 275 g/mol. The molecule has 20 heavy (non-hydrogen) atoms. The fraction of sp³-hybridized carbons (Fsp3) is 0.533. The van der Waals surface area contributed by atoms with Crippen LogP contribution in [-0.2, 0) is 4.79 Å². The first-order chi connectivity index (χ1) is 9.50. The summed E-state index contributed by atoms with van der Waals surface area (Å²) >= 11 is 0. The molecule has 0 aromatic carbocycles. The summed E-state index contributed by atoms with van der Waals surface area (Å²) in [6.45, 7) is 7.59. The minimum atomic E-state index is 0.00430. The van der Waals surface area contributed by atoms with Gasteiger partial charge in [-0.25, -0.2) is 0 Å². The van der Waals surface area contributed by atoms with Gasteiger partial charge in [-0.2, -0.15) is 0 Å². The lowest BCUT2D eigenvalue weighted by molar-refractivity contribution is -0.136.